The molecule has 94 valence electrons. The molecule has 0 saturated heterocycles. The summed E-state index contributed by atoms with van der Waals surface area (Å²) in [6, 6.07) is 0. The molecule has 0 radical (unpaired) electrons. The van der Waals surface area contributed by atoms with E-state index < -0.39 is 0 Å². The van der Waals surface area contributed by atoms with Crippen molar-refractivity contribution in [1.29, 1.82) is 5.41 Å². The lowest BCUT2D eigenvalue weighted by molar-refractivity contribution is -0.00000362. The third-order valence-electron chi connectivity index (χ3n) is 4.08. The molecule has 0 atom stereocenters. The number of halogens is 1. The van der Waals surface area contributed by atoms with Gasteiger partial charge >= 0.3 is 0 Å². The molecule has 3 heteroatoms. The van der Waals surface area contributed by atoms with Crippen molar-refractivity contribution in [3.8, 4) is 0 Å². The van der Waals surface area contributed by atoms with E-state index >= 15 is 0 Å². The summed E-state index contributed by atoms with van der Waals surface area (Å²) in [5.74, 6) is 0. The van der Waals surface area contributed by atoms with E-state index in [4.69, 9.17) is 5.41 Å². The molecule has 0 spiro atoms. The molecule has 0 unspecified atom stereocenters. The van der Waals surface area contributed by atoms with Gasteiger partial charge in [-0.3, -0.25) is 0 Å². The lowest BCUT2D eigenvalue weighted by atomic mass is 10.1. The Morgan fingerprint density at radius 3 is 2.00 bits per heavy atom. The maximum Gasteiger partial charge on any atom is 0.0638 e. The highest BCUT2D eigenvalue weighted by molar-refractivity contribution is 5.36. The van der Waals surface area contributed by atoms with Crippen LogP contribution in [0.5, 0.6) is 0 Å². The van der Waals surface area contributed by atoms with Crippen LogP contribution >= 0.6 is 0 Å². The van der Waals surface area contributed by atoms with E-state index in [0.29, 0.717) is 0 Å². The quantitative estimate of drug-likeness (QED) is 0.693. The molecule has 0 saturated carbocycles. The average Bonchev–Trinajstić information content (AvgIpc) is 2.92. The molecule has 1 aromatic rings. The van der Waals surface area contributed by atoms with E-state index in [0.717, 1.165) is 24.7 Å². The lowest BCUT2D eigenvalue weighted by Gasteiger charge is -2.18. The van der Waals surface area contributed by atoms with Crippen molar-refractivity contribution in [2.24, 2.45) is 0 Å². The van der Waals surface area contributed by atoms with Gasteiger partial charge in [0.25, 0.3) is 0 Å². The molecule has 1 N–H and O–H groups in total. The fourth-order valence-electron chi connectivity index (χ4n) is 3.43. The second-order valence-electron chi connectivity index (χ2n) is 5.08. The summed E-state index contributed by atoms with van der Waals surface area (Å²) in [6.45, 7) is 3.41. The average molecular weight is 343 g/mol. The molecule has 0 bridgehead atoms. The molecular weight excluding hydrogens is 323 g/mol. The maximum atomic E-state index is 8.32. The highest BCUT2D eigenvalue weighted by atomic mass is 127. The van der Waals surface area contributed by atoms with Crippen LogP contribution in [0.15, 0.2) is 0 Å². The molecule has 0 aliphatic heterocycles. The summed E-state index contributed by atoms with van der Waals surface area (Å²) in [7, 11) is 0. The maximum absolute atomic E-state index is 8.32. The minimum absolute atomic E-state index is 0. The minimum Gasteiger partial charge on any atom is -1.00 e. The molecular formula is C14H20IN2-. The van der Waals surface area contributed by atoms with Crippen molar-refractivity contribution >= 4 is 0 Å². The Labute approximate surface area is 120 Å². The van der Waals surface area contributed by atoms with Crippen LogP contribution in [0.3, 0.4) is 0 Å². The van der Waals surface area contributed by atoms with Gasteiger partial charge in [0, 0.05) is 17.9 Å². The van der Waals surface area contributed by atoms with Crippen molar-refractivity contribution in [3.05, 3.63) is 27.9 Å². The zero-order valence-electron chi connectivity index (χ0n) is 10.5. The highest BCUT2D eigenvalue weighted by Gasteiger charge is 2.24. The number of nitrogens with one attached hydrogen (secondary N) is 1. The summed E-state index contributed by atoms with van der Waals surface area (Å²) in [4.78, 5) is 0. The van der Waals surface area contributed by atoms with Crippen molar-refractivity contribution in [1.82, 2.24) is 4.57 Å². The van der Waals surface area contributed by atoms with Crippen molar-refractivity contribution < 1.29 is 24.0 Å². The fraction of sp³-hybridized carbons (Fsp3) is 0.643. The second kappa shape index (κ2) is 5.12. The number of rotatable bonds is 2. The number of hydrogen-bond acceptors (Lipinski definition) is 1. The number of pyridine rings is 1. The van der Waals surface area contributed by atoms with E-state index in [2.05, 4.69) is 11.5 Å². The van der Waals surface area contributed by atoms with E-state index in [1.807, 2.05) is 0 Å². The van der Waals surface area contributed by atoms with Crippen molar-refractivity contribution in [3.63, 3.8) is 0 Å². The number of nitrogens with zero attached hydrogens (tertiary/aromatic N) is 1. The Kier molecular flexibility index (Phi) is 3.95. The van der Waals surface area contributed by atoms with E-state index in [9.17, 15) is 0 Å². The fourth-order valence-corrected chi connectivity index (χ4v) is 3.43. The smallest absolute Gasteiger partial charge is 0.0638 e. The van der Waals surface area contributed by atoms with Crippen LogP contribution < -0.4 is 29.3 Å². The summed E-state index contributed by atoms with van der Waals surface area (Å²) in [5, 5.41) is 9.22. The Morgan fingerprint density at radius 1 is 1.00 bits per heavy atom. The van der Waals surface area contributed by atoms with Gasteiger partial charge in [0.05, 0.1) is 5.36 Å². The molecule has 1 heterocycles. The van der Waals surface area contributed by atoms with Gasteiger partial charge in [0.15, 0.2) is 0 Å². The topological polar surface area (TPSA) is 28.8 Å². The minimum atomic E-state index is 0. The van der Waals surface area contributed by atoms with Gasteiger partial charge in [-0.25, -0.2) is 0 Å². The molecule has 2 nitrogen and oxygen atoms in total. The van der Waals surface area contributed by atoms with Gasteiger partial charge in [0.2, 0.25) is 0 Å². The van der Waals surface area contributed by atoms with Crippen LogP contribution in [-0.2, 0) is 32.2 Å². The van der Waals surface area contributed by atoms with Gasteiger partial charge in [-0.1, -0.05) is 6.92 Å². The standard InChI is InChI=1S/C14H20N2.HI/c1-2-9-16-12-7-3-5-10(12)14(15)11-6-4-8-13(11)16;/h15H,2-9H2,1H3;1H/p-1. The van der Waals surface area contributed by atoms with E-state index in [1.54, 1.807) is 0 Å². The van der Waals surface area contributed by atoms with E-state index in [1.165, 1.54) is 54.6 Å². The number of hydrogen-bond donors (Lipinski definition) is 1. The lowest BCUT2D eigenvalue weighted by Crippen LogP contribution is -3.00. The van der Waals surface area contributed by atoms with Crippen LogP contribution in [0, 0.1) is 5.41 Å². The Hall–Kier alpha value is -0.320. The second-order valence-corrected chi connectivity index (χ2v) is 5.08. The highest BCUT2D eigenvalue weighted by Crippen LogP contribution is 2.27. The first-order valence-corrected chi connectivity index (χ1v) is 6.63. The largest absolute Gasteiger partial charge is 1.00 e. The first kappa shape index (κ1) is 13.1. The third-order valence-corrected chi connectivity index (χ3v) is 4.08. The van der Waals surface area contributed by atoms with Gasteiger partial charge < -0.3 is 34.0 Å². The Bertz CT molecular complexity index is 450. The molecule has 0 fully saturated rings. The summed E-state index contributed by atoms with van der Waals surface area (Å²) in [5.41, 5.74) is 5.73. The monoisotopic (exact) mass is 343 g/mol. The first-order valence-electron chi connectivity index (χ1n) is 6.63. The summed E-state index contributed by atoms with van der Waals surface area (Å²) < 4.78 is 2.56. The van der Waals surface area contributed by atoms with Gasteiger partial charge in [-0.2, -0.15) is 0 Å². The van der Waals surface area contributed by atoms with Crippen LogP contribution in [0.1, 0.15) is 48.7 Å². The van der Waals surface area contributed by atoms with Crippen LogP contribution in [0.25, 0.3) is 0 Å². The summed E-state index contributed by atoms with van der Waals surface area (Å²) in [6.07, 6.45) is 8.42. The molecule has 0 aromatic carbocycles. The number of aromatic nitrogens is 1. The molecule has 2 aliphatic rings. The third kappa shape index (κ3) is 1.96. The van der Waals surface area contributed by atoms with Crippen LogP contribution in [0.2, 0.25) is 0 Å². The zero-order valence-corrected chi connectivity index (χ0v) is 12.6. The van der Waals surface area contributed by atoms with Gasteiger partial charge in [0.1, 0.15) is 0 Å². The van der Waals surface area contributed by atoms with Gasteiger partial charge in [-0.15, -0.1) is 0 Å². The molecule has 3 rings (SSSR count). The van der Waals surface area contributed by atoms with Gasteiger partial charge in [-0.05, 0) is 56.1 Å². The Balaban J connectivity index is 0.00000108. The normalized spacial score (nSPS) is 16.5. The summed E-state index contributed by atoms with van der Waals surface area (Å²) >= 11 is 0. The van der Waals surface area contributed by atoms with Crippen LogP contribution in [0.4, 0.5) is 0 Å². The Morgan fingerprint density at radius 2 is 1.53 bits per heavy atom. The SMILES string of the molecule is CCCn1c2c(c(=N)c3c1CCC3)CCC2.[I-]. The first-order chi connectivity index (χ1) is 7.83. The van der Waals surface area contributed by atoms with Crippen LogP contribution in [-0.4, -0.2) is 4.57 Å². The number of fused-ring (bicyclic) bond motifs is 2. The predicted octanol–water partition coefficient (Wildman–Crippen LogP) is -0.641. The zero-order chi connectivity index (χ0) is 11.1. The molecule has 1 aromatic heterocycles. The molecule has 17 heavy (non-hydrogen) atoms. The predicted molar refractivity (Wildman–Crippen MR) is 64.6 cm³/mol. The molecule has 0 amide bonds. The van der Waals surface area contributed by atoms with Crippen molar-refractivity contribution in [2.45, 2.75) is 58.4 Å². The van der Waals surface area contributed by atoms with E-state index in [-0.39, 0.29) is 24.0 Å². The molecule has 2 aliphatic carbocycles. The van der Waals surface area contributed by atoms with Crippen molar-refractivity contribution in [2.75, 3.05) is 0 Å².